The number of fused-ring (bicyclic) bond motifs is 1. The van der Waals surface area contributed by atoms with E-state index in [1.165, 1.54) is 0 Å². The van der Waals surface area contributed by atoms with Crippen molar-refractivity contribution in [2.75, 3.05) is 37.6 Å². The van der Waals surface area contributed by atoms with E-state index in [1.54, 1.807) is 24.3 Å². The molecule has 0 bridgehead atoms. The fraction of sp³-hybridized carbons (Fsp3) is 0.531. The fourth-order valence-electron chi connectivity index (χ4n) is 10.9. The van der Waals surface area contributed by atoms with Gasteiger partial charge in [-0.15, -0.1) is 10.2 Å². The van der Waals surface area contributed by atoms with Crippen LogP contribution >= 0.6 is 11.6 Å². The zero-order valence-electron chi connectivity index (χ0n) is 36.8. The smallest absolute Gasteiger partial charge is 0.272 e. The molecule has 5 aliphatic rings. The number of benzene rings is 2. The van der Waals surface area contributed by atoms with Crippen LogP contribution < -0.4 is 15.0 Å². The summed E-state index contributed by atoms with van der Waals surface area (Å²) in [5.41, 5.74) is 5.87. The van der Waals surface area contributed by atoms with Crippen molar-refractivity contribution < 1.29 is 18.8 Å². The Labute approximate surface area is 379 Å². The van der Waals surface area contributed by atoms with Crippen molar-refractivity contribution in [2.24, 2.45) is 5.92 Å². The summed E-state index contributed by atoms with van der Waals surface area (Å²) >= 11 is 6.18. The quantitative estimate of drug-likeness (QED) is 0.136. The topological polar surface area (TPSA) is 159 Å². The van der Waals surface area contributed by atoms with Gasteiger partial charge in [-0.2, -0.15) is 5.26 Å². The molecule has 2 saturated carbocycles. The first-order chi connectivity index (χ1) is 31.2. The summed E-state index contributed by atoms with van der Waals surface area (Å²) in [6, 6.07) is 18.3. The molecular weight excluding hydrogens is 828 g/mol. The van der Waals surface area contributed by atoms with Gasteiger partial charge in [0.1, 0.15) is 23.4 Å². The van der Waals surface area contributed by atoms with Crippen LogP contribution in [0.2, 0.25) is 5.02 Å². The number of imidazole rings is 1. The maximum absolute atomic E-state index is 13.4. The third-order valence-corrected chi connectivity index (χ3v) is 14.7. The number of ether oxygens (including phenoxy) is 1. The van der Waals surface area contributed by atoms with Gasteiger partial charge in [0.05, 0.1) is 39.5 Å². The van der Waals surface area contributed by atoms with E-state index in [2.05, 4.69) is 64.2 Å². The number of carbonyl (C=O) groups is 2. The molecule has 3 aliphatic heterocycles. The highest BCUT2D eigenvalue weighted by Crippen LogP contribution is 2.43. The molecule has 1 N–H and O–H groups in total. The number of nitrogens with zero attached hydrogens (tertiary/aromatic N) is 9. The number of amides is 2. The molecule has 64 heavy (non-hydrogen) atoms. The van der Waals surface area contributed by atoms with E-state index in [0.29, 0.717) is 46.5 Å². The van der Waals surface area contributed by atoms with Crippen molar-refractivity contribution in [3.63, 3.8) is 0 Å². The molecule has 0 radical (unpaired) electrons. The van der Waals surface area contributed by atoms with E-state index in [-0.39, 0.29) is 30.0 Å². The van der Waals surface area contributed by atoms with Crippen LogP contribution in [0.4, 0.5) is 5.82 Å². The number of anilines is 1. The third kappa shape index (κ3) is 8.81. The maximum Gasteiger partial charge on any atom is 0.272 e. The first-order valence-corrected chi connectivity index (χ1v) is 23.8. The Balaban J connectivity index is 0.719. The van der Waals surface area contributed by atoms with Gasteiger partial charge in [-0.1, -0.05) is 22.8 Å². The Kier molecular flexibility index (Phi) is 12.0. The number of nitriles is 1. The van der Waals surface area contributed by atoms with E-state index in [1.807, 2.05) is 19.9 Å². The van der Waals surface area contributed by atoms with Crippen LogP contribution in [0.3, 0.4) is 0 Å². The van der Waals surface area contributed by atoms with Gasteiger partial charge in [0.2, 0.25) is 5.91 Å². The minimum absolute atomic E-state index is 0.0192. The van der Waals surface area contributed by atoms with Crippen LogP contribution in [0.15, 0.2) is 53.1 Å². The summed E-state index contributed by atoms with van der Waals surface area (Å²) in [6.45, 7) is 8.94. The van der Waals surface area contributed by atoms with E-state index < -0.39 is 0 Å². The van der Waals surface area contributed by atoms with Crippen molar-refractivity contribution in [2.45, 2.75) is 128 Å². The normalized spacial score (nSPS) is 22.8. The van der Waals surface area contributed by atoms with Crippen molar-refractivity contribution in [3.05, 3.63) is 82.1 Å². The molecule has 2 aliphatic carbocycles. The van der Waals surface area contributed by atoms with E-state index in [9.17, 15) is 9.59 Å². The standard InChI is InChI=1S/C49H57ClN10O4/c1-30-47(31(2)64-56-30)33-7-16-43-42(26-33)53-48(44-4-3-5-46(61)59(44)36-10-11-36)60(43)37-20-22-57(23-21-37)29-32-18-24-58(25-19-32)45-17-15-41(54-55-45)49(62)52-35-8-13-38(14-9-35)63-39-12-6-34(28-51)40(50)27-39/h6-7,12,15-17,26-27,32,35-38,44H,3-5,8-11,13-14,18-25,29H2,1-2H3,(H,52,62). The molecule has 5 fully saturated rings. The van der Waals surface area contributed by atoms with Crippen molar-refractivity contribution in [1.82, 2.24) is 40.0 Å². The SMILES string of the molecule is Cc1noc(C)c1-c1ccc2c(c1)nc(C1CCCC(=O)N1C1CC1)n2C1CCN(CC2CCN(c3ccc(C(=O)NC4CCC(Oc5ccc(C#N)c(Cl)c5)CC4)nn3)CC2)CC1. The molecule has 3 saturated heterocycles. The van der Waals surface area contributed by atoms with E-state index in [4.69, 9.17) is 31.1 Å². The molecule has 14 nitrogen and oxygen atoms in total. The van der Waals surface area contributed by atoms with Gasteiger partial charge in [-0.25, -0.2) is 4.98 Å². The van der Waals surface area contributed by atoms with Crippen molar-refractivity contribution >= 4 is 40.3 Å². The largest absolute Gasteiger partial charge is 0.490 e. The molecule has 0 spiro atoms. The van der Waals surface area contributed by atoms with Gasteiger partial charge >= 0.3 is 0 Å². The molecule has 1 atom stereocenters. The highest BCUT2D eigenvalue weighted by atomic mass is 35.5. The predicted octanol–water partition coefficient (Wildman–Crippen LogP) is 8.51. The lowest BCUT2D eigenvalue weighted by atomic mass is 9.92. The second kappa shape index (κ2) is 18.2. The highest BCUT2D eigenvalue weighted by Gasteiger charge is 2.42. The third-order valence-electron chi connectivity index (χ3n) is 14.4. The molecular formula is C49H57ClN10O4. The molecule has 15 heteroatoms. The number of hydrogen-bond donors (Lipinski definition) is 1. The molecule has 6 heterocycles. The maximum atomic E-state index is 13.4. The van der Waals surface area contributed by atoms with Gasteiger partial charge in [-0.05, 0) is 139 Å². The Hall–Kier alpha value is -5.52. The number of aryl methyl sites for hydroxylation is 2. The van der Waals surface area contributed by atoms with E-state index >= 15 is 0 Å². The van der Waals surface area contributed by atoms with Gasteiger partial charge in [0.25, 0.3) is 5.91 Å². The summed E-state index contributed by atoms with van der Waals surface area (Å²) in [4.78, 5) is 39.0. The van der Waals surface area contributed by atoms with Crippen LogP contribution in [0.5, 0.6) is 5.75 Å². The summed E-state index contributed by atoms with van der Waals surface area (Å²) < 4.78 is 14.2. The molecule has 334 valence electrons. The first-order valence-electron chi connectivity index (χ1n) is 23.4. The number of hydrogen-bond acceptors (Lipinski definition) is 11. The lowest BCUT2D eigenvalue weighted by molar-refractivity contribution is -0.137. The lowest BCUT2D eigenvalue weighted by Crippen LogP contribution is -2.43. The van der Waals surface area contributed by atoms with Crippen LogP contribution in [-0.2, 0) is 4.79 Å². The Morgan fingerprint density at radius 2 is 1.70 bits per heavy atom. The summed E-state index contributed by atoms with van der Waals surface area (Å²) in [6.07, 6.45) is 12.2. The van der Waals surface area contributed by atoms with Gasteiger partial charge in [0, 0.05) is 68.9 Å². The van der Waals surface area contributed by atoms with Crippen LogP contribution in [-0.4, -0.2) is 97.4 Å². The number of likely N-dealkylation sites (tertiary alicyclic amines) is 2. The number of aromatic nitrogens is 5. The zero-order valence-corrected chi connectivity index (χ0v) is 37.6. The second-order valence-corrected chi connectivity index (χ2v) is 19.1. The number of rotatable bonds is 11. The van der Waals surface area contributed by atoms with Crippen molar-refractivity contribution in [3.8, 4) is 22.9 Å². The van der Waals surface area contributed by atoms with Crippen LogP contribution in [0.25, 0.3) is 22.2 Å². The van der Waals surface area contributed by atoms with Gasteiger partial charge in [-0.3, -0.25) is 9.59 Å². The molecule has 2 aromatic carbocycles. The number of halogens is 1. The first kappa shape index (κ1) is 42.4. The zero-order chi connectivity index (χ0) is 43.9. The minimum Gasteiger partial charge on any atom is -0.490 e. The van der Waals surface area contributed by atoms with Gasteiger partial charge < -0.3 is 33.8 Å². The summed E-state index contributed by atoms with van der Waals surface area (Å²) in [5.74, 6) is 4.04. The molecule has 5 aromatic rings. The van der Waals surface area contributed by atoms with Gasteiger partial charge in [0.15, 0.2) is 11.5 Å². The average molecular weight is 886 g/mol. The summed E-state index contributed by atoms with van der Waals surface area (Å²) in [7, 11) is 0. The Morgan fingerprint density at radius 3 is 2.39 bits per heavy atom. The minimum atomic E-state index is -0.200. The van der Waals surface area contributed by atoms with Crippen LogP contribution in [0.1, 0.15) is 129 Å². The number of piperidine rings is 3. The molecule has 3 aromatic heterocycles. The Bertz CT molecular complexity index is 2520. The Morgan fingerprint density at radius 1 is 0.906 bits per heavy atom. The van der Waals surface area contributed by atoms with E-state index in [0.717, 1.165) is 155 Å². The number of nitrogens with one attached hydrogen (secondary N) is 1. The summed E-state index contributed by atoms with van der Waals surface area (Å²) in [5, 5.41) is 25.7. The lowest BCUT2D eigenvalue weighted by Gasteiger charge is -2.40. The predicted molar refractivity (Wildman–Crippen MR) is 243 cm³/mol. The van der Waals surface area contributed by atoms with Crippen LogP contribution in [0, 0.1) is 31.1 Å². The fourth-order valence-corrected chi connectivity index (χ4v) is 11.1. The average Bonchev–Trinajstić information content (AvgIpc) is 4.00. The molecule has 1 unspecified atom stereocenters. The highest BCUT2D eigenvalue weighted by molar-refractivity contribution is 6.31. The number of carbonyl (C=O) groups excluding carboxylic acids is 2. The molecule has 10 rings (SSSR count). The second-order valence-electron chi connectivity index (χ2n) is 18.7. The van der Waals surface area contributed by atoms with Crippen molar-refractivity contribution in [1.29, 1.82) is 5.26 Å². The monoisotopic (exact) mass is 884 g/mol. The molecule has 2 amide bonds.